The Kier molecular flexibility index (Phi) is 3.86. The molecule has 4 N–H and O–H groups in total. The lowest BCUT2D eigenvalue weighted by Gasteiger charge is -2.08. The highest BCUT2D eigenvalue weighted by Crippen LogP contribution is 2.18. The summed E-state index contributed by atoms with van der Waals surface area (Å²) in [5.41, 5.74) is 6.70. The average Bonchev–Trinajstić information content (AvgIpc) is 2.89. The van der Waals surface area contributed by atoms with Crippen LogP contribution in [-0.2, 0) is 6.54 Å². The Morgan fingerprint density at radius 1 is 1.30 bits per heavy atom. The smallest absolute Gasteiger partial charge is 0.335 e. The van der Waals surface area contributed by atoms with Crippen molar-refractivity contribution in [1.29, 1.82) is 0 Å². The lowest BCUT2D eigenvalue weighted by atomic mass is 10.1. The number of anilines is 1. The summed E-state index contributed by atoms with van der Waals surface area (Å²) in [6, 6.07) is 7.66. The molecule has 0 saturated carbocycles. The lowest BCUT2D eigenvalue weighted by Crippen LogP contribution is -2.12. The third-order valence-corrected chi connectivity index (χ3v) is 2.82. The van der Waals surface area contributed by atoms with Crippen LogP contribution in [0.25, 0.3) is 0 Å². The molecule has 104 valence electrons. The lowest BCUT2D eigenvalue weighted by molar-refractivity contribution is 0.0696. The minimum Gasteiger partial charge on any atom is -0.478 e. The van der Waals surface area contributed by atoms with Crippen LogP contribution in [0, 0.1) is 6.92 Å². The van der Waals surface area contributed by atoms with Crippen molar-refractivity contribution < 1.29 is 19.1 Å². The molecule has 0 aliphatic heterocycles. The standard InChI is InChI=1S/C14H14N2O4/c1-8-2-3-9(14(18)19)6-11(8)16-13(17)12-5-4-10(7-15)20-12/h2-6H,7,15H2,1H3,(H,16,17)(H,18,19). The second-order valence-corrected chi connectivity index (χ2v) is 4.26. The molecule has 0 spiro atoms. The molecule has 0 radical (unpaired) electrons. The molecule has 1 heterocycles. The van der Waals surface area contributed by atoms with Crippen molar-refractivity contribution in [3.63, 3.8) is 0 Å². The molecule has 6 nitrogen and oxygen atoms in total. The summed E-state index contributed by atoms with van der Waals surface area (Å²) in [4.78, 5) is 22.9. The highest BCUT2D eigenvalue weighted by atomic mass is 16.4. The van der Waals surface area contributed by atoms with E-state index in [9.17, 15) is 9.59 Å². The first-order valence-electron chi connectivity index (χ1n) is 5.95. The number of benzene rings is 1. The van der Waals surface area contributed by atoms with Crippen molar-refractivity contribution in [2.75, 3.05) is 5.32 Å². The zero-order chi connectivity index (χ0) is 14.7. The number of nitrogens with two attached hydrogens (primary N) is 1. The summed E-state index contributed by atoms with van der Waals surface area (Å²) >= 11 is 0. The molecule has 0 aliphatic rings. The number of furan rings is 1. The number of carbonyl (C=O) groups excluding carboxylic acids is 1. The molecule has 0 saturated heterocycles. The molecule has 0 atom stereocenters. The number of aryl methyl sites for hydroxylation is 1. The Bertz CT molecular complexity index is 661. The number of amides is 1. The molecule has 0 fully saturated rings. The third-order valence-electron chi connectivity index (χ3n) is 2.82. The van der Waals surface area contributed by atoms with E-state index in [4.69, 9.17) is 15.3 Å². The van der Waals surface area contributed by atoms with Crippen LogP contribution in [0.1, 0.15) is 32.2 Å². The number of rotatable bonds is 4. The first-order chi connectivity index (χ1) is 9.51. The maximum Gasteiger partial charge on any atom is 0.335 e. The van der Waals surface area contributed by atoms with Gasteiger partial charge >= 0.3 is 5.97 Å². The number of carboxylic acids is 1. The van der Waals surface area contributed by atoms with Gasteiger partial charge in [-0.2, -0.15) is 0 Å². The number of hydrogen-bond acceptors (Lipinski definition) is 4. The van der Waals surface area contributed by atoms with Gasteiger partial charge in [0.15, 0.2) is 5.76 Å². The number of hydrogen-bond donors (Lipinski definition) is 3. The molecule has 1 aromatic heterocycles. The van der Waals surface area contributed by atoms with Crippen molar-refractivity contribution >= 4 is 17.6 Å². The molecule has 2 aromatic rings. The van der Waals surface area contributed by atoms with Gasteiger partial charge in [-0.15, -0.1) is 0 Å². The second kappa shape index (κ2) is 5.58. The number of carbonyl (C=O) groups is 2. The summed E-state index contributed by atoms with van der Waals surface area (Å²) in [6.07, 6.45) is 0. The zero-order valence-electron chi connectivity index (χ0n) is 10.8. The van der Waals surface area contributed by atoms with Crippen molar-refractivity contribution in [3.8, 4) is 0 Å². The van der Waals surface area contributed by atoms with Gasteiger partial charge in [0, 0.05) is 5.69 Å². The predicted octanol–water partition coefficient (Wildman–Crippen LogP) is 2.00. The van der Waals surface area contributed by atoms with Gasteiger partial charge < -0.3 is 20.6 Å². The minimum atomic E-state index is -1.05. The molecular weight excluding hydrogens is 260 g/mol. The van der Waals surface area contributed by atoms with E-state index in [1.54, 1.807) is 19.1 Å². The maximum absolute atomic E-state index is 12.0. The van der Waals surface area contributed by atoms with Crippen LogP contribution in [0.2, 0.25) is 0 Å². The Balaban J connectivity index is 2.22. The average molecular weight is 274 g/mol. The quantitative estimate of drug-likeness (QED) is 0.790. The van der Waals surface area contributed by atoms with E-state index < -0.39 is 11.9 Å². The Labute approximate surface area is 115 Å². The largest absolute Gasteiger partial charge is 0.478 e. The third kappa shape index (κ3) is 2.86. The maximum atomic E-state index is 12.0. The fraction of sp³-hybridized carbons (Fsp3) is 0.143. The van der Waals surface area contributed by atoms with Gasteiger partial charge in [-0.25, -0.2) is 4.79 Å². The summed E-state index contributed by atoms with van der Waals surface area (Å²) in [6.45, 7) is 1.98. The van der Waals surface area contributed by atoms with Crippen LogP contribution in [0.5, 0.6) is 0 Å². The molecule has 6 heteroatoms. The van der Waals surface area contributed by atoms with Gasteiger partial charge in [-0.1, -0.05) is 6.07 Å². The molecule has 1 aromatic carbocycles. The van der Waals surface area contributed by atoms with Crippen molar-refractivity contribution in [3.05, 3.63) is 53.0 Å². The number of nitrogens with one attached hydrogen (secondary N) is 1. The molecule has 0 aliphatic carbocycles. The van der Waals surface area contributed by atoms with Crippen LogP contribution in [0.4, 0.5) is 5.69 Å². The van der Waals surface area contributed by atoms with Gasteiger partial charge in [0.1, 0.15) is 5.76 Å². The number of carboxylic acid groups (broad SMARTS) is 1. The van der Waals surface area contributed by atoms with Crippen LogP contribution < -0.4 is 11.1 Å². The van der Waals surface area contributed by atoms with Crippen LogP contribution in [0.3, 0.4) is 0 Å². The van der Waals surface area contributed by atoms with Crippen LogP contribution >= 0.6 is 0 Å². The van der Waals surface area contributed by atoms with E-state index in [0.29, 0.717) is 11.4 Å². The Morgan fingerprint density at radius 2 is 2.05 bits per heavy atom. The molecular formula is C14H14N2O4. The second-order valence-electron chi connectivity index (χ2n) is 4.26. The topological polar surface area (TPSA) is 106 Å². The van der Waals surface area contributed by atoms with Gasteiger partial charge in [0.2, 0.25) is 0 Å². The molecule has 2 rings (SSSR count). The summed E-state index contributed by atoms with van der Waals surface area (Å²) in [7, 11) is 0. The van der Waals surface area contributed by atoms with Crippen LogP contribution in [0.15, 0.2) is 34.7 Å². The fourth-order valence-corrected chi connectivity index (χ4v) is 1.68. The molecule has 20 heavy (non-hydrogen) atoms. The molecule has 1 amide bonds. The predicted molar refractivity (Wildman–Crippen MR) is 72.7 cm³/mol. The van der Waals surface area contributed by atoms with Gasteiger partial charge in [-0.05, 0) is 36.8 Å². The van der Waals surface area contributed by atoms with Crippen molar-refractivity contribution in [2.45, 2.75) is 13.5 Å². The first kappa shape index (κ1) is 13.8. The van der Waals surface area contributed by atoms with E-state index in [-0.39, 0.29) is 17.9 Å². The SMILES string of the molecule is Cc1ccc(C(=O)O)cc1NC(=O)c1ccc(CN)o1. The van der Waals surface area contributed by atoms with E-state index in [0.717, 1.165) is 5.56 Å². The first-order valence-corrected chi connectivity index (χ1v) is 5.95. The minimum absolute atomic E-state index is 0.105. The van der Waals surface area contributed by atoms with Gasteiger partial charge in [0.25, 0.3) is 5.91 Å². The Hall–Kier alpha value is -2.60. The zero-order valence-corrected chi connectivity index (χ0v) is 10.8. The highest BCUT2D eigenvalue weighted by molar-refractivity contribution is 6.03. The van der Waals surface area contributed by atoms with Crippen molar-refractivity contribution in [1.82, 2.24) is 0 Å². The molecule has 0 unspecified atom stereocenters. The highest BCUT2D eigenvalue weighted by Gasteiger charge is 2.13. The van der Waals surface area contributed by atoms with E-state index in [2.05, 4.69) is 5.32 Å². The summed E-state index contributed by atoms with van der Waals surface area (Å²) < 4.78 is 5.23. The van der Waals surface area contributed by atoms with Crippen molar-refractivity contribution in [2.24, 2.45) is 5.73 Å². The van der Waals surface area contributed by atoms with E-state index in [1.807, 2.05) is 0 Å². The van der Waals surface area contributed by atoms with Gasteiger partial charge in [-0.3, -0.25) is 4.79 Å². The van der Waals surface area contributed by atoms with E-state index >= 15 is 0 Å². The number of aromatic carboxylic acids is 1. The van der Waals surface area contributed by atoms with E-state index in [1.165, 1.54) is 18.2 Å². The summed E-state index contributed by atoms with van der Waals surface area (Å²) in [5.74, 6) is -0.865. The Morgan fingerprint density at radius 3 is 2.65 bits per heavy atom. The normalized spacial score (nSPS) is 10.3. The summed E-state index contributed by atoms with van der Waals surface area (Å²) in [5, 5.41) is 11.6. The van der Waals surface area contributed by atoms with Gasteiger partial charge in [0.05, 0.1) is 12.1 Å². The monoisotopic (exact) mass is 274 g/mol. The fourth-order valence-electron chi connectivity index (χ4n) is 1.68. The van der Waals surface area contributed by atoms with Crippen LogP contribution in [-0.4, -0.2) is 17.0 Å². The molecule has 0 bridgehead atoms.